The van der Waals surface area contributed by atoms with Crippen LogP contribution in [0.5, 0.6) is 6.01 Å². The Morgan fingerprint density at radius 2 is 2.14 bits per heavy atom. The van der Waals surface area contributed by atoms with Crippen LogP contribution in [-0.4, -0.2) is 69.3 Å². The number of hydrogen-bond acceptors (Lipinski definition) is 10. The van der Waals surface area contributed by atoms with Gasteiger partial charge in [-0.2, -0.15) is 5.10 Å². The van der Waals surface area contributed by atoms with Crippen molar-refractivity contribution in [2.45, 2.75) is 13.8 Å². The summed E-state index contributed by atoms with van der Waals surface area (Å²) < 4.78 is 13.7. The first-order chi connectivity index (χ1) is 14.1. The molecule has 3 rings (SSSR count). The first-order valence-electron chi connectivity index (χ1n) is 8.92. The summed E-state index contributed by atoms with van der Waals surface area (Å²) in [4.78, 5) is 34.9. The molecule has 2 N–H and O–H groups in total. The van der Waals surface area contributed by atoms with Crippen molar-refractivity contribution >= 4 is 17.7 Å². The van der Waals surface area contributed by atoms with Gasteiger partial charge in [0.25, 0.3) is 5.90 Å². The number of carbonyl (C=O) groups is 1. The lowest BCUT2D eigenvalue weighted by atomic mass is 10.3. The Morgan fingerprint density at radius 3 is 2.83 bits per heavy atom. The molecule has 3 heterocycles. The molecule has 0 unspecified atom stereocenters. The van der Waals surface area contributed by atoms with Gasteiger partial charge in [-0.15, -0.1) is 9.78 Å². The van der Waals surface area contributed by atoms with Crippen molar-refractivity contribution in [1.82, 2.24) is 29.6 Å². The molecule has 2 aromatic rings. The molecule has 0 aromatic carbocycles. The summed E-state index contributed by atoms with van der Waals surface area (Å²) in [6, 6.07) is -0.871. The molecule has 0 atom stereocenters. The molecule has 0 fully saturated rings. The molecular formula is C15H22N8O6. The lowest BCUT2D eigenvalue weighted by Crippen LogP contribution is -2.41. The normalized spacial score (nSPS) is 13.1. The standard InChI is InChI=1S/C15H22N8O6/c1-4-26-14-19-22(15(25)23(14)29-5-2)13(24)17-9-16-11-10(8-18-21(11)3)12-20-28-7-6-27-12/h8,16H,4-7,9H2,1-3H3,(H,17,24). The average molecular weight is 410 g/mol. The molecule has 14 heteroatoms. The van der Waals surface area contributed by atoms with E-state index in [4.69, 9.17) is 19.1 Å². The summed E-state index contributed by atoms with van der Waals surface area (Å²) in [6.45, 7) is 4.59. The molecule has 0 radical (unpaired) electrons. The molecule has 158 valence electrons. The number of nitrogens with one attached hydrogen (secondary N) is 2. The molecule has 0 bridgehead atoms. The quantitative estimate of drug-likeness (QED) is 0.521. The van der Waals surface area contributed by atoms with Crippen molar-refractivity contribution in [2.75, 3.05) is 38.4 Å². The summed E-state index contributed by atoms with van der Waals surface area (Å²) in [5.41, 5.74) is -0.214. The third-order valence-electron chi connectivity index (χ3n) is 3.66. The van der Waals surface area contributed by atoms with Crippen molar-refractivity contribution in [3.8, 4) is 6.01 Å². The predicted octanol–water partition coefficient (Wildman–Crippen LogP) is -1.04. The summed E-state index contributed by atoms with van der Waals surface area (Å²) in [6.07, 6.45) is 1.56. The van der Waals surface area contributed by atoms with E-state index in [1.165, 1.54) is 0 Å². The van der Waals surface area contributed by atoms with Crippen LogP contribution < -0.4 is 25.9 Å². The van der Waals surface area contributed by atoms with Gasteiger partial charge in [-0.05, 0) is 19.0 Å². The van der Waals surface area contributed by atoms with Crippen LogP contribution in [0.25, 0.3) is 0 Å². The van der Waals surface area contributed by atoms with Gasteiger partial charge in [0.15, 0.2) is 6.61 Å². The number of rotatable bonds is 8. The van der Waals surface area contributed by atoms with E-state index in [1.807, 2.05) is 0 Å². The Hall–Kier alpha value is -3.71. The summed E-state index contributed by atoms with van der Waals surface area (Å²) in [7, 11) is 1.71. The second kappa shape index (κ2) is 8.99. The molecular weight excluding hydrogens is 388 g/mol. The van der Waals surface area contributed by atoms with Gasteiger partial charge in [0, 0.05) is 7.05 Å². The van der Waals surface area contributed by atoms with Gasteiger partial charge < -0.3 is 29.8 Å². The van der Waals surface area contributed by atoms with Crippen molar-refractivity contribution in [1.29, 1.82) is 0 Å². The van der Waals surface area contributed by atoms with Crippen molar-refractivity contribution in [3.05, 3.63) is 22.2 Å². The molecule has 14 nitrogen and oxygen atoms in total. The molecule has 1 aliphatic heterocycles. The zero-order valence-corrected chi connectivity index (χ0v) is 16.2. The van der Waals surface area contributed by atoms with E-state index in [9.17, 15) is 9.59 Å². The highest BCUT2D eigenvalue weighted by Crippen LogP contribution is 2.17. The number of carbonyl (C=O) groups excluding carboxylic acids is 1. The minimum absolute atomic E-state index is 0.0304. The highest BCUT2D eigenvalue weighted by atomic mass is 16.7. The van der Waals surface area contributed by atoms with E-state index < -0.39 is 11.7 Å². The zero-order chi connectivity index (χ0) is 20.8. The fraction of sp³-hybridized carbons (Fsp3) is 0.533. The first kappa shape index (κ1) is 20.0. The number of aryl methyl sites for hydroxylation is 1. The maximum Gasteiger partial charge on any atom is 0.391 e. The van der Waals surface area contributed by atoms with Crippen LogP contribution in [0.1, 0.15) is 19.4 Å². The summed E-state index contributed by atoms with van der Waals surface area (Å²) >= 11 is 0. The first-order valence-corrected chi connectivity index (χ1v) is 8.92. The monoisotopic (exact) mass is 410 g/mol. The molecule has 1 aliphatic rings. The number of anilines is 1. The van der Waals surface area contributed by atoms with Gasteiger partial charge in [-0.1, -0.05) is 4.73 Å². The van der Waals surface area contributed by atoms with Crippen LogP contribution in [-0.2, 0) is 16.6 Å². The Bertz CT molecular complexity index is 945. The average Bonchev–Trinajstić information content (AvgIpc) is 3.24. The molecule has 0 spiro atoms. The lowest BCUT2D eigenvalue weighted by molar-refractivity contribution is 0.0656. The predicted molar refractivity (Wildman–Crippen MR) is 98.8 cm³/mol. The second-order valence-electron chi connectivity index (χ2n) is 5.57. The van der Waals surface area contributed by atoms with Crippen LogP contribution in [0.3, 0.4) is 0 Å². The zero-order valence-electron chi connectivity index (χ0n) is 16.2. The number of nitrogens with zero attached hydrogens (tertiary/aromatic N) is 6. The summed E-state index contributed by atoms with van der Waals surface area (Å²) in [5.74, 6) is 0.822. The van der Waals surface area contributed by atoms with E-state index in [-0.39, 0.29) is 31.8 Å². The van der Waals surface area contributed by atoms with Crippen LogP contribution in [0.2, 0.25) is 0 Å². The maximum atomic E-state index is 12.4. The van der Waals surface area contributed by atoms with Gasteiger partial charge in [-0.3, -0.25) is 4.68 Å². The SMILES string of the molecule is CCOc1nn(C(=O)NCNc2c(C3=NOCCO3)cnn2C)c(=O)n1OCC. The third kappa shape index (κ3) is 4.25. The van der Waals surface area contributed by atoms with E-state index in [1.54, 1.807) is 31.8 Å². The van der Waals surface area contributed by atoms with E-state index in [0.29, 0.717) is 29.3 Å². The minimum atomic E-state index is -0.781. The highest BCUT2D eigenvalue weighted by molar-refractivity contribution is 5.98. The number of oxime groups is 1. The van der Waals surface area contributed by atoms with Crippen molar-refractivity contribution < 1.29 is 23.9 Å². The van der Waals surface area contributed by atoms with Gasteiger partial charge in [0.05, 0.1) is 19.5 Å². The smallest absolute Gasteiger partial charge is 0.391 e. The van der Waals surface area contributed by atoms with Crippen molar-refractivity contribution in [3.63, 3.8) is 0 Å². The molecule has 0 saturated carbocycles. The highest BCUT2D eigenvalue weighted by Gasteiger charge is 2.21. The molecule has 1 amide bonds. The van der Waals surface area contributed by atoms with Crippen LogP contribution >= 0.6 is 0 Å². The fourth-order valence-electron chi connectivity index (χ4n) is 2.44. The molecule has 0 saturated heterocycles. The fourth-order valence-corrected chi connectivity index (χ4v) is 2.44. The maximum absolute atomic E-state index is 12.4. The van der Waals surface area contributed by atoms with Gasteiger partial charge in [0.1, 0.15) is 24.6 Å². The minimum Gasteiger partial charge on any atom is -0.471 e. The van der Waals surface area contributed by atoms with Gasteiger partial charge >= 0.3 is 17.7 Å². The molecule has 29 heavy (non-hydrogen) atoms. The number of ether oxygens (including phenoxy) is 2. The van der Waals surface area contributed by atoms with Crippen LogP contribution in [0.4, 0.5) is 10.6 Å². The van der Waals surface area contributed by atoms with E-state index >= 15 is 0 Å². The summed E-state index contributed by atoms with van der Waals surface area (Å²) in [5, 5.41) is 17.4. The second-order valence-corrected chi connectivity index (χ2v) is 5.57. The van der Waals surface area contributed by atoms with Crippen LogP contribution in [0, 0.1) is 0 Å². The van der Waals surface area contributed by atoms with Crippen molar-refractivity contribution in [2.24, 2.45) is 12.2 Å². The Kier molecular flexibility index (Phi) is 6.21. The Balaban J connectivity index is 1.68. The van der Waals surface area contributed by atoms with E-state index in [0.717, 1.165) is 4.73 Å². The Labute approximate surface area is 164 Å². The van der Waals surface area contributed by atoms with Gasteiger partial charge in [-0.25, -0.2) is 9.59 Å². The number of hydrogen-bond donors (Lipinski definition) is 2. The van der Waals surface area contributed by atoms with Gasteiger partial charge in [0.2, 0.25) is 0 Å². The number of aromatic nitrogens is 5. The third-order valence-corrected chi connectivity index (χ3v) is 3.66. The van der Waals surface area contributed by atoms with Crippen LogP contribution in [0.15, 0.2) is 16.1 Å². The Morgan fingerprint density at radius 1 is 1.31 bits per heavy atom. The topological polar surface area (TPSA) is 148 Å². The molecule has 0 aliphatic carbocycles. The van der Waals surface area contributed by atoms with E-state index in [2.05, 4.69) is 26.0 Å². The number of amides is 1. The largest absolute Gasteiger partial charge is 0.471 e. The molecule has 2 aromatic heterocycles. The lowest BCUT2D eigenvalue weighted by Gasteiger charge is -2.15.